The van der Waals surface area contributed by atoms with Crippen molar-refractivity contribution in [1.29, 1.82) is 0 Å². The lowest BCUT2D eigenvalue weighted by atomic mass is 9.80. The minimum atomic E-state index is -0.500. The van der Waals surface area contributed by atoms with Crippen LogP contribution in [0.2, 0.25) is 0 Å². The minimum Gasteiger partial charge on any atom is -0.462 e. The molecule has 3 heterocycles. The maximum Gasteiger partial charge on any atom is 0.376 e. The van der Waals surface area contributed by atoms with Crippen molar-refractivity contribution >= 4 is 11.9 Å². The largest absolute Gasteiger partial charge is 0.462 e. The van der Waals surface area contributed by atoms with Crippen molar-refractivity contribution in [1.82, 2.24) is 20.6 Å². The van der Waals surface area contributed by atoms with Crippen molar-refractivity contribution in [2.45, 2.75) is 141 Å². The summed E-state index contributed by atoms with van der Waals surface area (Å²) in [5.74, 6) is 6.14. The van der Waals surface area contributed by atoms with E-state index in [1.54, 1.807) is 12.4 Å². The van der Waals surface area contributed by atoms with Crippen molar-refractivity contribution in [3.8, 4) is 11.8 Å². The summed E-state index contributed by atoms with van der Waals surface area (Å²) in [5.41, 5.74) is 0.327. The smallest absolute Gasteiger partial charge is 0.376 e. The predicted octanol–water partition coefficient (Wildman–Crippen LogP) is 4.95. The summed E-state index contributed by atoms with van der Waals surface area (Å²) in [4.78, 5) is 34.0. The molecule has 40 heavy (non-hydrogen) atoms. The van der Waals surface area contributed by atoms with Gasteiger partial charge in [-0.3, -0.25) is 4.79 Å². The molecule has 1 aromatic heterocycles. The van der Waals surface area contributed by atoms with Gasteiger partial charge in [-0.15, -0.1) is 0 Å². The molecule has 3 aliphatic rings. The SMILES string of the molecule is CC1(C)CC(OC(=O)c2ncc(C#CC3CCC(C(=O)OC4CC(C)(C)NC(C)(C)C4)CC3)cn2)CC(C)(C)N1. The number of ether oxygens (including phenoxy) is 2. The summed E-state index contributed by atoms with van der Waals surface area (Å²) < 4.78 is 11.8. The monoisotopic (exact) mass is 552 g/mol. The van der Waals surface area contributed by atoms with E-state index in [2.05, 4.69) is 87.8 Å². The molecule has 4 rings (SSSR count). The van der Waals surface area contributed by atoms with E-state index in [0.717, 1.165) is 51.4 Å². The molecule has 1 aromatic rings. The number of hydrogen-bond acceptors (Lipinski definition) is 8. The molecule has 220 valence electrons. The van der Waals surface area contributed by atoms with Gasteiger partial charge < -0.3 is 20.1 Å². The van der Waals surface area contributed by atoms with Gasteiger partial charge in [-0.05, 0) is 81.1 Å². The van der Waals surface area contributed by atoms with E-state index in [0.29, 0.717) is 5.56 Å². The first-order valence-electron chi connectivity index (χ1n) is 14.8. The third-order valence-electron chi connectivity index (χ3n) is 8.18. The summed E-state index contributed by atoms with van der Waals surface area (Å²) in [6.45, 7) is 17.1. The second kappa shape index (κ2) is 11.4. The lowest BCUT2D eigenvalue weighted by Crippen LogP contribution is -2.59. The summed E-state index contributed by atoms with van der Waals surface area (Å²) in [6.07, 6.45) is 9.38. The van der Waals surface area contributed by atoms with Crippen LogP contribution in [0.3, 0.4) is 0 Å². The molecule has 2 saturated heterocycles. The third kappa shape index (κ3) is 8.50. The Hall–Kier alpha value is -2.50. The van der Waals surface area contributed by atoms with Crippen LogP contribution in [0.1, 0.15) is 123 Å². The molecule has 1 aliphatic carbocycles. The molecule has 8 nitrogen and oxygen atoms in total. The van der Waals surface area contributed by atoms with Crippen LogP contribution in [0.25, 0.3) is 0 Å². The maximum atomic E-state index is 12.9. The Morgan fingerprint density at radius 1 is 0.750 bits per heavy atom. The summed E-state index contributed by atoms with van der Waals surface area (Å²) in [6, 6.07) is 0. The van der Waals surface area contributed by atoms with Crippen molar-refractivity contribution in [2.24, 2.45) is 11.8 Å². The number of carbonyl (C=O) groups is 2. The first-order chi connectivity index (χ1) is 18.5. The second-order valence-electron chi connectivity index (χ2n) is 14.8. The average Bonchev–Trinajstić information content (AvgIpc) is 2.79. The first-order valence-corrected chi connectivity index (χ1v) is 14.8. The van der Waals surface area contributed by atoms with Crippen molar-refractivity contribution in [3.63, 3.8) is 0 Å². The summed E-state index contributed by atoms with van der Waals surface area (Å²) >= 11 is 0. The van der Waals surface area contributed by atoms with Crippen LogP contribution in [0.15, 0.2) is 12.4 Å². The molecule has 0 atom stereocenters. The van der Waals surface area contributed by atoms with Crippen LogP contribution in [0, 0.1) is 23.7 Å². The van der Waals surface area contributed by atoms with Gasteiger partial charge >= 0.3 is 11.9 Å². The number of aromatic nitrogens is 2. The predicted molar refractivity (Wildman–Crippen MR) is 154 cm³/mol. The van der Waals surface area contributed by atoms with Crippen LogP contribution < -0.4 is 10.6 Å². The topological polar surface area (TPSA) is 102 Å². The summed E-state index contributed by atoms with van der Waals surface area (Å²) in [5, 5.41) is 7.23. The molecule has 1 saturated carbocycles. The molecule has 0 unspecified atom stereocenters. The van der Waals surface area contributed by atoms with Crippen molar-refractivity contribution in [2.75, 3.05) is 0 Å². The van der Waals surface area contributed by atoms with E-state index in [1.165, 1.54) is 0 Å². The Bertz CT molecular complexity index is 1110. The van der Waals surface area contributed by atoms with Crippen LogP contribution in [0.4, 0.5) is 0 Å². The van der Waals surface area contributed by atoms with Crippen LogP contribution >= 0.6 is 0 Å². The first kappa shape index (κ1) is 30.5. The lowest BCUT2D eigenvalue weighted by Gasteiger charge is -2.46. The number of nitrogens with one attached hydrogen (secondary N) is 2. The van der Waals surface area contributed by atoms with E-state index in [1.807, 2.05) is 0 Å². The number of piperidine rings is 2. The van der Waals surface area contributed by atoms with Gasteiger partial charge in [0.25, 0.3) is 0 Å². The quantitative estimate of drug-likeness (QED) is 0.400. The molecule has 2 N–H and O–H groups in total. The van der Waals surface area contributed by atoms with E-state index in [-0.39, 0.29) is 58.0 Å². The van der Waals surface area contributed by atoms with Crippen LogP contribution in [-0.2, 0) is 14.3 Å². The zero-order valence-electron chi connectivity index (χ0n) is 25.6. The molecular weight excluding hydrogens is 504 g/mol. The van der Waals surface area contributed by atoms with Crippen molar-refractivity contribution in [3.05, 3.63) is 23.8 Å². The molecule has 2 aliphatic heterocycles. The van der Waals surface area contributed by atoms with Gasteiger partial charge in [0.15, 0.2) is 0 Å². The van der Waals surface area contributed by atoms with Gasteiger partial charge in [-0.1, -0.05) is 11.8 Å². The molecule has 0 bridgehead atoms. The van der Waals surface area contributed by atoms with Crippen LogP contribution in [0.5, 0.6) is 0 Å². The highest BCUT2D eigenvalue weighted by Crippen LogP contribution is 2.34. The number of carbonyl (C=O) groups excluding carboxylic acids is 2. The second-order valence-corrected chi connectivity index (χ2v) is 14.8. The van der Waals surface area contributed by atoms with Gasteiger partial charge in [0.2, 0.25) is 5.82 Å². The summed E-state index contributed by atoms with van der Waals surface area (Å²) in [7, 11) is 0. The van der Waals surface area contributed by atoms with E-state index in [4.69, 9.17) is 9.47 Å². The highest BCUT2D eigenvalue weighted by molar-refractivity contribution is 5.85. The standard InChI is InChI=1S/C32H48N4O4/c1-29(2)15-24(16-30(3,4)35-29)39-27(37)23-13-11-21(12-14-23)9-10-22-19-33-26(34-20-22)28(38)40-25-17-31(5,6)36-32(7,8)18-25/h19-21,23-25,35-36H,11-18H2,1-8H3. The molecule has 0 radical (unpaired) electrons. The van der Waals surface area contributed by atoms with Gasteiger partial charge in [0.05, 0.1) is 11.5 Å². The zero-order valence-corrected chi connectivity index (χ0v) is 25.6. The Balaban J connectivity index is 1.24. The fraction of sp³-hybridized carbons (Fsp3) is 0.750. The fourth-order valence-electron chi connectivity index (χ4n) is 7.25. The average molecular weight is 553 g/mol. The maximum absolute atomic E-state index is 12.9. The van der Waals surface area contributed by atoms with Crippen LogP contribution in [-0.4, -0.2) is 56.3 Å². The molecule has 3 fully saturated rings. The van der Waals surface area contributed by atoms with Gasteiger partial charge in [0.1, 0.15) is 12.2 Å². The molecule has 8 heteroatoms. The highest BCUT2D eigenvalue weighted by atomic mass is 16.5. The van der Waals surface area contributed by atoms with E-state index < -0.39 is 5.97 Å². The molecule has 0 aromatic carbocycles. The van der Waals surface area contributed by atoms with E-state index in [9.17, 15) is 9.59 Å². The Morgan fingerprint density at radius 2 is 1.20 bits per heavy atom. The number of esters is 2. The fourth-order valence-corrected chi connectivity index (χ4v) is 7.25. The van der Waals surface area contributed by atoms with Gasteiger partial charge in [-0.2, -0.15) is 0 Å². The molecule has 0 spiro atoms. The van der Waals surface area contributed by atoms with Crippen molar-refractivity contribution < 1.29 is 19.1 Å². The number of hydrogen-bond donors (Lipinski definition) is 2. The number of nitrogens with zero attached hydrogens (tertiary/aromatic N) is 2. The minimum absolute atomic E-state index is 0.0464. The third-order valence-corrected chi connectivity index (χ3v) is 8.18. The number of rotatable bonds is 4. The Labute approximate surface area is 240 Å². The molecular formula is C32H48N4O4. The Morgan fingerprint density at radius 3 is 1.68 bits per heavy atom. The van der Waals surface area contributed by atoms with Gasteiger partial charge in [-0.25, -0.2) is 14.8 Å². The Kier molecular flexibility index (Phi) is 8.69. The lowest BCUT2D eigenvalue weighted by molar-refractivity contribution is -0.159. The van der Waals surface area contributed by atoms with E-state index >= 15 is 0 Å². The zero-order chi connectivity index (χ0) is 29.3. The molecule has 0 amide bonds. The normalized spacial score (nSPS) is 27.6. The van der Waals surface area contributed by atoms with Gasteiger partial charge in [0, 0.05) is 66.2 Å². The highest BCUT2D eigenvalue weighted by Gasteiger charge is 2.41.